The lowest BCUT2D eigenvalue weighted by molar-refractivity contribution is -0.119. The molecule has 1 aromatic rings. The van der Waals surface area contributed by atoms with Crippen molar-refractivity contribution in [3.63, 3.8) is 0 Å². The Morgan fingerprint density at radius 3 is 3.06 bits per heavy atom. The van der Waals surface area contributed by atoms with Crippen molar-refractivity contribution in [1.29, 1.82) is 0 Å². The second-order valence-corrected chi connectivity index (χ2v) is 5.57. The number of amides is 1. The molecule has 3 N–H and O–H groups in total. The molecule has 2 rings (SSSR count). The summed E-state index contributed by atoms with van der Waals surface area (Å²) in [7, 11) is 0. The van der Waals surface area contributed by atoms with E-state index in [1.807, 2.05) is 19.1 Å². The van der Waals surface area contributed by atoms with Gasteiger partial charge >= 0.3 is 0 Å². The molecule has 0 aromatic heterocycles. The third kappa shape index (κ3) is 3.48. The smallest absolute Gasteiger partial charge is 0.220 e. The maximum Gasteiger partial charge on any atom is 0.220 e. The van der Waals surface area contributed by atoms with E-state index in [1.165, 1.54) is 4.90 Å². The third-order valence-electron chi connectivity index (χ3n) is 2.92. The largest absolute Gasteiger partial charge is 0.353 e. The Balaban J connectivity index is 1.90. The van der Waals surface area contributed by atoms with Crippen molar-refractivity contribution in [2.75, 3.05) is 5.75 Å². The van der Waals surface area contributed by atoms with E-state index in [-0.39, 0.29) is 11.9 Å². The summed E-state index contributed by atoms with van der Waals surface area (Å²) in [5.74, 6) is 1.12. The first-order chi connectivity index (χ1) is 8.15. The van der Waals surface area contributed by atoms with Crippen LogP contribution in [0.4, 0.5) is 0 Å². The van der Waals surface area contributed by atoms with Gasteiger partial charge in [0.25, 0.3) is 0 Å². The molecule has 1 amide bonds. The van der Waals surface area contributed by atoms with Gasteiger partial charge in [-0.3, -0.25) is 4.79 Å². The zero-order valence-electron chi connectivity index (χ0n) is 9.98. The topological polar surface area (TPSA) is 55.1 Å². The molecule has 4 heteroatoms. The van der Waals surface area contributed by atoms with E-state index in [0.29, 0.717) is 12.5 Å². The molecule has 1 saturated heterocycles. The fourth-order valence-corrected chi connectivity index (χ4v) is 2.92. The van der Waals surface area contributed by atoms with E-state index in [0.717, 1.165) is 17.7 Å². The summed E-state index contributed by atoms with van der Waals surface area (Å²) in [4.78, 5) is 12.3. The number of hydrogen-bond acceptors (Lipinski definition) is 3. The normalized spacial score (nSPS) is 21.3. The molecular weight excluding hydrogens is 232 g/mol. The SMILES string of the molecule is CC(N)c1cccc(SCC2CCC(=O)N2)c1. The van der Waals surface area contributed by atoms with Crippen LogP contribution in [-0.4, -0.2) is 17.7 Å². The van der Waals surface area contributed by atoms with Crippen LogP contribution in [0.25, 0.3) is 0 Å². The molecule has 0 bridgehead atoms. The first-order valence-electron chi connectivity index (χ1n) is 5.93. The van der Waals surface area contributed by atoms with Crippen LogP contribution < -0.4 is 11.1 Å². The molecule has 2 unspecified atom stereocenters. The van der Waals surface area contributed by atoms with Crippen LogP contribution in [0, 0.1) is 0 Å². The predicted octanol–water partition coefficient (Wildman–Crippen LogP) is 2.08. The maximum absolute atomic E-state index is 11.1. The fourth-order valence-electron chi connectivity index (χ4n) is 1.89. The Morgan fingerprint density at radius 2 is 2.41 bits per heavy atom. The van der Waals surface area contributed by atoms with Crippen LogP contribution in [0.3, 0.4) is 0 Å². The van der Waals surface area contributed by atoms with Gasteiger partial charge in [0.2, 0.25) is 5.91 Å². The summed E-state index contributed by atoms with van der Waals surface area (Å²) in [5.41, 5.74) is 7.01. The van der Waals surface area contributed by atoms with Crippen LogP contribution in [0.2, 0.25) is 0 Å². The number of nitrogens with one attached hydrogen (secondary N) is 1. The van der Waals surface area contributed by atoms with Gasteiger partial charge in [-0.1, -0.05) is 12.1 Å². The minimum Gasteiger partial charge on any atom is -0.353 e. The summed E-state index contributed by atoms with van der Waals surface area (Å²) in [6, 6.07) is 8.70. The van der Waals surface area contributed by atoms with Gasteiger partial charge in [-0.2, -0.15) is 0 Å². The number of hydrogen-bond donors (Lipinski definition) is 2. The van der Waals surface area contributed by atoms with Gasteiger partial charge in [0.1, 0.15) is 0 Å². The van der Waals surface area contributed by atoms with Crippen LogP contribution >= 0.6 is 11.8 Å². The molecule has 1 heterocycles. The summed E-state index contributed by atoms with van der Waals surface area (Å²) in [6.07, 6.45) is 1.63. The van der Waals surface area contributed by atoms with Crippen molar-refractivity contribution in [1.82, 2.24) is 5.32 Å². The number of nitrogens with two attached hydrogens (primary N) is 1. The van der Waals surface area contributed by atoms with E-state index in [2.05, 4.69) is 17.4 Å². The quantitative estimate of drug-likeness (QED) is 0.804. The lowest BCUT2D eigenvalue weighted by Gasteiger charge is -2.11. The molecule has 1 aliphatic rings. The van der Waals surface area contributed by atoms with Crippen molar-refractivity contribution in [2.24, 2.45) is 5.73 Å². The molecular formula is C13H18N2OS. The van der Waals surface area contributed by atoms with E-state index in [9.17, 15) is 4.79 Å². The van der Waals surface area contributed by atoms with Crippen molar-refractivity contribution in [2.45, 2.75) is 36.7 Å². The van der Waals surface area contributed by atoms with Crippen molar-refractivity contribution in [3.8, 4) is 0 Å². The molecule has 2 atom stereocenters. The molecule has 1 aliphatic heterocycles. The summed E-state index contributed by atoms with van der Waals surface area (Å²) >= 11 is 1.78. The Labute approximate surface area is 106 Å². The van der Waals surface area contributed by atoms with Crippen LogP contribution in [0.15, 0.2) is 29.2 Å². The Bertz CT molecular complexity index is 406. The second kappa shape index (κ2) is 5.56. The molecule has 17 heavy (non-hydrogen) atoms. The van der Waals surface area contributed by atoms with Crippen molar-refractivity contribution >= 4 is 17.7 Å². The highest BCUT2D eigenvalue weighted by Crippen LogP contribution is 2.24. The Morgan fingerprint density at radius 1 is 1.59 bits per heavy atom. The van der Waals surface area contributed by atoms with Crippen LogP contribution in [-0.2, 0) is 4.79 Å². The first-order valence-corrected chi connectivity index (χ1v) is 6.91. The lowest BCUT2D eigenvalue weighted by atomic mass is 10.1. The summed E-state index contributed by atoms with van der Waals surface area (Å²) in [6.45, 7) is 1.99. The number of rotatable bonds is 4. The fraction of sp³-hybridized carbons (Fsp3) is 0.462. The van der Waals surface area contributed by atoms with Gasteiger partial charge in [0.15, 0.2) is 0 Å². The van der Waals surface area contributed by atoms with E-state index >= 15 is 0 Å². The predicted molar refractivity (Wildman–Crippen MR) is 70.9 cm³/mol. The molecule has 3 nitrogen and oxygen atoms in total. The molecule has 0 radical (unpaired) electrons. The molecule has 1 fully saturated rings. The lowest BCUT2D eigenvalue weighted by Crippen LogP contribution is -2.27. The number of carbonyl (C=O) groups is 1. The molecule has 0 aliphatic carbocycles. The minimum atomic E-state index is 0.0710. The standard InChI is InChI=1S/C13H18N2OS/c1-9(14)10-3-2-4-12(7-10)17-8-11-5-6-13(16)15-11/h2-4,7,9,11H,5-6,8,14H2,1H3,(H,15,16). The highest BCUT2D eigenvalue weighted by atomic mass is 32.2. The minimum absolute atomic E-state index is 0.0710. The van der Waals surface area contributed by atoms with Crippen molar-refractivity contribution < 1.29 is 4.79 Å². The van der Waals surface area contributed by atoms with E-state index in [4.69, 9.17) is 5.73 Å². The van der Waals surface area contributed by atoms with E-state index in [1.54, 1.807) is 11.8 Å². The number of benzene rings is 1. The summed E-state index contributed by atoms with van der Waals surface area (Å²) < 4.78 is 0. The molecule has 92 valence electrons. The van der Waals surface area contributed by atoms with Gasteiger partial charge in [-0.25, -0.2) is 0 Å². The zero-order chi connectivity index (χ0) is 12.3. The van der Waals surface area contributed by atoms with Gasteiger partial charge in [-0.05, 0) is 31.0 Å². The highest BCUT2D eigenvalue weighted by Gasteiger charge is 2.20. The second-order valence-electron chi connectivity index (χ2n) is 4.48. The molecule has 1 aromatic carbocycles. The molecule has 0 spiro atoms. The van der Waals surface area contributed by atoms with Crippen LogP contribution in [0.1, 0.15) is 31.4 Å². The van der Waals surface area contributed by atoms with Gasteiger partial charge < -0.3 is 11.1 Å². The van der Waals surface area contributed by atoms with Gasteiger partial charge in [-0.15, -0.1) is 11.8 Å². The third-order valence-corrected chi connectivity index (χ3v) is 4.08. The average Bonchev–Trinajstić information content (AvgIpc) is 2.73. The first kappa shape index (κ1) is 12.5. The Kier molecular flexibility index (Phi) is 4.07. The Hall–Kier alpha value is -1.00. The van der Waals surface area contributed by atoms with E-state index < -0.39 is 0 Å². The van der Waals surface area contributed by atoms with Gasteiger partial charge in [0, 0.05) is 29.2 Å². The number of carbonyl (C=O) groups excluding carboxylic acids is 1. The zero-order valence-corrected chi connectivity index (χ0v) is 10.8. The van der Waals surface area contributed by atoms with Gasteiger partial charge in [0.05, 0.1) is 0 Å². The molecule has 0 saturated carbocycles. The van der Waals surface area contributed by atoms with Crippen molar-refractivity contribution in [3.05, 3.63) is 29.8 Å². The summed E-state index contributed by atoms with van der Waals surface area (Å²) in [5, 5.41) is 2.98. The maximum atomic E-state index is 11.1. The highest BCUT2D eigenvalue weighted by molar-refractivity contribution is 7.99. The number of thioether (sulfide) groups is 1. The van der Waals surface area contributed by atoms with Crippen LogP contribution in [0.5, 0.6) is 0 Å². The monoisotopic (exact) mass is 250 g/mol. The average molecular weight is 250 g/mol.